The van der Waals surface area contributed by atoms with Crippen molar-refractivity contribution in [3.05, 3.63) is 29.8 Å². The molecule has 2 amide bonds. The van der Waals surface area contributed by atoms with Gasteiger partial charge in [0, 0.05) is 13.0 Å². The van der Waals surface area contributed by atoms with Crippen molar-refractivity contribution in [3.63, 3.8) is 0 Å². The normalized spacial score (nSPS) is 28.4. The molecule has 0 saturated carbocycles. The molecule has 0 radical (unpaired) electrons. The van der Waals surface area contributed by atoms with Gasteiger partial charge in [0.2, 0.25) is 5.91 Å². The minimum Gasteiger partial charge on any atom is -0.396 e. The number of aliphatic hydroxyl groups excluding tert-OH is 1. The minimum absolute atomic E-state index is 0.0829. The zero-order chi connectivity index (χ0) is 16.4. The Labute approximate surface area is 136 Å². The van der Waals surface area contributed by atoms with Crippen LogP contribution >= 0.6 is 0 Å². The average molecular weight is 317 g/mol. The lowest BCUT2D eigenvalue weighted by molar-refractivity contribution is -0.945. The molecule has 1 aromatic rings. The maximum atomic E-state index is 12.9. The molecule has 124 valence electrons. The van der Waals surface area contributed by atoms with Crippen LogP contribution in [0.1, 0.15) is 37.7 Å². The maximum absolute atomic E-state index is 12.9. The van der Waals surface area contributed by atoms with E-state index < -0.39 is 0 Å². The molecular formula is C18H25N2O3+. The van der Waals surface area contributed by atoms with Crippen LogP contribution in [0.4, 0.5) is 5.69 Å². The van der Waals surface area contributed by atoms with Crippen molar-refractivity contribution in [2.24, 2.45) is 0 Å². The number of hydrogen-bond acceptors (Lipinski definition) is 3. The molecule has 5 nitrogen and oxygen atoms in total. The van der Waals surface area contributed by atoms with Crippen molar-refractivity contribution in [3.8, 4) is 0 Å². The van der Waals surface area contributed by atoms with Crippen LogP contribution in [0.15, 0.2) is 24.3 Å². The van der Waals surface area contributed by atoms with E-state index in [-0.39, 0.29) is 36.9 Å². The van der Waals surface area contributed by atoms with Crippen molar-refractivity contribution >= 4 is 17.5 Å². The number of carbonyl (C=O) groups is 2. The third-order valence-corrected chi connectivity index (χ3v) is 5.12. The van der Waals surface area contributed by atoms with Gasteiger partial charge in [-0.05, 0) is 43.9 Å². The molecule has 2 aliphatic rings. The molecule has 1 aromatic carbocycles. The number of aryl methyl sites for hydroxylation is 1. The van der Waals surface area contributed by atoms with Gasteiger partial charge in [-0.15, -0.1) is 0 Å². The highest BCUT2D eigenvalue weighted by atomic mass is 16.3. The van der Waals surface area contributed by atoms with E-state index in [1.54, 1.807) is 0 Å². The van der Waals surface area contributed by atoms with Gasteiger partial charge in [-0.2, -0.15) is 0 Å². The van der Waals surface area contributed by atoms with E-state index in [0.717, 1.165) is 31.4 Å². The number of imide groups is 1. The van der Waals surface area contributed by atoms with Crippen LogP contribution in [0.5, 0.6) is 0 Å². The van der Waals surface area contributed by atoms with Crippen LogP contribution < -0.4 is 9.80 Å². The van der Waals surface area contributed by atoms with Crippen molar-refractivity contribution in [2.75, 3.05) is 18.1 Å². The summed E-state index contributed by atoms with van der Waals surface area (Å²) in [4.78, 5) is 27.9. The quantitative estimate of drug-likeness (QED) is 0.793. The second-order valence-corrected chi connectivity index (χ2v) is 6.69. The number of amides is 2. The molecule has 0 bridgehead atoms. The Morgan fingerprint density at radius 3 is 2.87 bits per heavy atom. The summed E-state index contributed by atoms with van der Waals surface area (Å²) in [6.45, 7) is 3.01. The molecule has 5 heteroatoms. The molecule has 0 spiro atoms. The topological polar surface area (TPSA) is 62.1 Å². The summed E-state index contributed by atoms with van der Waals surface area (Å²) >= 11 is 0. The smallest absolute Gasteiger partial charge is 0.292 e. The highest BCUT2D eigenvalue weighted by Crippen LogP contribution is 2.23. The van der Waals surface area contributed by atoms with Crippen LogP contribution in [0.2, 0.25) is 0 Å². The molecule has 2 aliphatic heterocycles. The molecule has 1 unspecified atom stereocenters. The number of likely N-dealkylation sites (tertiary alicyclic amines) is 1. The number of benzene rings is 1. The lowest BCUT2D eigenvalue weighted by Crippen LogP contribution is -3.20. The van der Waals surface area contributed by atoms with Gasteiger partial charge >= 0.3 is 0 Å². The van der Waals surface area contributed by atoms with Crippen LogP contribution in [-0.4, -0.2) is 42.2 Å². The molecule has 2 heterocycles. The van der Waals surface area contributed by atoms with Gasteiger partial charge in [0.1, 0.15) is 0 Å². The summed E-state index contributed by atoms with van der Waals surface area (Å²) < 4.78 is 0. The minimum atomic E-state index is -0.292. The molecule has 2 saturated heterocycles. The van der Waals surface area contributed by atoms with E-state index >= 15 is 0 Å². The fourth-order valence-electron chi connectivity index (χ4n) is 4.01. The summed E-state index contributed by atoms with van der Waals surface area (Å²) in [5.41, 5.74) is 1.72. The van der Waals surface area contributed by atoms with Gasteiger partial charge in [-0.1, -0.05) is 12.1 Å². The number of carbonyl (C=O) groups excluding carboxylic acids is 2. The van der Waals surface area contributed by atoms with E-state index in [2.05, 4.69) is 0 Å². The Hall–Kier alpha value is -1.72. The Balaban J connectivity index is 1.83. The van der Waals surface area contributed by atoms with Gasteiger partial charge in [0.15, 0.2) is 6.04 Å². The number of nitrogens with one attached hydrogen (secondary N) is 1. The third kappa shape index (κ3) is 3.16. The van der Waals surface area contributed by atoms with E-state index in [9.17, 15) is 14.7 Å². The zero-order valence-corrected chi connectivity index (χ0v) is 13.6. The summed E-state index contributed by atoms with van der Waals surface area (Å²) in [5, 5.41) is 9.28. The molecule has 0 aromatic heterocycles. The highest BCUT2D eigenvalue weighted by Gasteiger charge is 2.48. The SMILES string of the molecule is Cc1cccc(N2C(=O)C[C@H]([NH+]3CCCC[C@@H]3CCO)C2=O)c1. The largest absolute Gasteiger partial charge is 0.396 e. The number of piperidine rings is 1. The number of nitrogens with zero attached hydrogens (tertiary/aromatic N) is 1. The van der Waals surface area contributed by atoms with Crippen molar-refractivity contribution in [1.82, 2.24) is 0 Å². The summed E-state index contributed by atoms with van der Waals surface area (Å²) in [6.07, 6.45) is 4.24. The second kappa shape index (κ2) is 6.81. The van der Waals surface area contributed by atoms with Crippen LogP contribution in [0.25, 0.3) is 0 Å². The molecule has 0 aliphatic carbocycles. The maximum Gasteiger partial charge on any atom is 0.292 e. The van der Waals surface area contributed by atoms with Gasteiger partial charge in [0.05, 0.1) is 24.7 Å². The van der Waals surface area contributed by atoms with Gasteiger partial charge in [-0.3, -0.25) is 9.59 Å². The van der Waals surface area contributed by atoms with Crippen LogP contribution in [0, 0.1) is 6.92 Å². The Morgan fingerprint density at radius 1 is 1.30 bits per heavy atom. The third-order valence-electron chi connectivity index (χ3n) is 5.12. The summed E-state index contributed by atoms with van der Waals surface area (Å²) in [7, 11) is 0. The predicted octanol–water partition coefficient (Wildman–Crippen LogP) is 0.447. The molecule has 3 rings (SSSR count). The van der Waals surface area contributed by atoms with E-state index in [4.69, 9.17) is 0 Å². The number of hydrogen-bond donors (Lipinski definition) is 2. The van der Waals surface area contributed by atoms with Crippen molar-refractivity contribution in [1.29, 1.82) is 0 Å². The van der Waals surface area contributed by atoms with E-state index in [0.29, 0.717) is 12.1 Å². The first-order chi connectivity index (χ1) is 11.1. The number of anilines is 1. The molecule has 2 N–H and O–H groups in total. The lowest BCUT2D eigenvalue weighted by atomic mass is 9.97. The van der Waals surface area contributed by atoms with Crippen molar-refractivity contribution < 1.29 is 19.6 Å². The van der Waals surface area contributed by atoms with E-state index in [1.165, 1.54) is 9.80 Å². The first kappa shape index (κ1) is 16.1. The van der Waals surface area contributed by atoms with Crippen molar-refractivity contribution in [2.45, 2.75) is 51.1 Å². The molecular weight excluding hydrogens is 292 g/mol. The number of rotatable bonds is 4. The standard InChI is InChI=1S/C18H24N2O3/c1-13-5-4-7-15(11-13)20-17(22)12-16(18(20)23)19-9-3-2-6-14(19)8-10-21/h4-5,7,11,14,16,21H,2-3,6,8-10,12H2,1H3/p+1/t14-,16+/m1/s1. The molecule has 23 heavy (non-hydrogen) atoms. The van der Waals surface area contributed by atoms with Gasteiger partial charge in [-0.25, -0.2) is 4.90 Å². The van der Waals surface area contributed by atoms with Crippen LogP contribution in [-0.2, 0) is 9.59 Å². The monoisotopic (exact) mass is 317 g/mol. The average Bonchev–Trinajstić information content (AvgIpc) is 2.83. The lowest BCUT2D eigenvalue weighted by Gasteiger charge is -2.35. The predicted molar refractivity (Wildman–Crippen MR) is 87.2 cm³/mol. The fraction of sp³-hybridized carbons (Fsp3) is 0.556. The molecule has 2 fully saturated rings. The summed E-state index contributed by atoms with van der Waals surface area (Å²) in [6, 6.07) is 7.53. The number of aliphatic hydroxyl groups is 1. The second-order valence-electron chi connectivity index (χ2n) is 6.69. The van der Waals surface area contributed by atoms with Gasteiger partial charge in [0.25, 0.3) is 5.91 Å². The fourth-order valence-corrected chi connectivity index (χ4v) is 4.01. The Bertz CT molecular complexity index is 600. The Morgan fingerprint density at radius 2 is 2.13 bits per heavy atom. The van der Waals surface area contributed by atoms with Gasteiger partial charge < -0.3 is 10.0 Å². The zero-order valence-electron chi connectivity index (χ0n) is 13.6. The number of quaternary nitrogens is 1. The van der Waals surface area contributed by atoms with Crippen LogP contribution in [0.3, 0.4) is 0 Å². The van der Waals surface area contributed by atoms with E-state index in [1.807, 2.05) is 31.2 Å². The molecule has 3 atom stereocenters. The highest BCUT2D eigenvalue weighted by molar-refractivity contribution is 6.21. The summed E-state index contributed by atoms with van der Waals surface area (Å²) in [5.74, 6) is -0.188. The first-order valence-corrected chi connectivity index (χ1v) is 8.51. The Kier molecular flexibility index (Phi) is 4.78. The first-order valence-electron chi connectivity index (χ1n) is 8.51.